The lowest BCUT2D eigenvalue weighted by Crippen LogP contribution is -2.30. The highest BCUT2D eigenvalue weighted by molar-refractivity contribution is 5.92. The maximum absolute atomic E-state index is 12.9. The van der Waals surface area contributed by atoms with Crippen LogP contribution in [0.15, 0.2) is 53.3 Å². The summed E-state index contributed by atoms with van der Waals surface area (Å²) in [4.78, 5) is 41.9. The first kappa shape index (κ1) is 20.2. The molecule has 8 heteroatoms. The smallest absolute Gasteiger partial charge is 0.319 e. The van der Waals surface area contributed by atoms with Gasteiger partial charge in [0.05, 0.1) is 10.9 Å². The van der Waals surface area contributed by atoms with Gasteiger partial charge in [-0.15, -0.1) is 0 Å². The van der Waals surface area contributed by atoms with E-state index in [-0.39, 0.29) is 30.0 Å². The van der Waals surface area contributed by atoms with Gasteiger partial charge in [-0.2, -0.15) is 0 Å². The van der Waals surface area contributed by atoms with Crippen molar-refractivity contribution in [2.75, 3.05) is 10.6 Å². The van der Waals surface area contributed by atoms with Crippen LogP contribution in [0.3, 0.4) is 0 Å². The summed E-state index contributed by atoms with van der Waals surface area (Å²) in [7, 11) is 0. The van der Waals surface area contributed by atoms with Gasteiger partial charge in [-0.3, -0.25) is 14.2 Å². The molecule has 0 bridgehead atoms. The summed E-state index contributed by atoms with van der Waals surface area (Å²) >= 11 is 0. The van der Waals surface area contributed by atoms with E-state index in [1.165, 1.54) is 0 Å². The highest BCUT2D eigenvalue weighted by Gasteiger charge is 2.28. The Morgan fingerprint density at radius 1 is 0.938 bits per heavy atom. The fourth-order valence-electron chi connectivity index (χ4n) is 3.74. The third-order valence-electron chi connectivity index (χ3n) is 5.71. The summed E-state index contributed by atoms with van der Waals surface area (Å²) in [5.41, 5.74) is 1.95. The van der Waals surface area contributed by atoms with E-state index in [1.807, 2.05) is 18.2 Å². The van der Waals surface area contributed by atoms with Crippen LogP contribution in [0.4, 0.5) is 16.2 Å². The summed E-state index contributed by atoms with van der Waals surface area (Å²) in [5, 5.41) is 9.13. The Morgan fingerprint density at radius 2 is 1.62 bits per heavy atom. The molecule has 1 aromatic heterocycles. The van der Waals surface area contributed by atoms with Gasteiger partial charge in [-0.1, -0.05) is 12.1 Å². The molecule has 2 fully saturated rings. The molecule has 2 aliphatic carbocycles. The van der Waals surface area contributed by atoms with Crippen LogP contribution in [0, 0.1) is 0 Å². The van der Waals surface area contributed by atoms with Crippen molar-refractivity contribution >= 4 is 34.2 Å². The van der Waals surface area contributed by atoms with E-state index >= 15 is 0 Å². The number of carbonyl (C=O) groups excluding carboxylic acids is 2. The Hall–Kier alpha value is -3.68. The molecular formula is C24H25N5O3. The molecule has 164 valence electrons. The molecule has 32 heavy (non-hydrogen) atoms. The van der Waals surface area contributed by atoms with Crippen LogP contribution in [0.25, 0.3) is 10.9 Å². The molecule has 0 saturated heterocycles. The van der Waals surface area contributed by atoms with Crippen LogP contribution < -0.4 is 21.5 Å². The fourth-order valence-corrected chi connectivity index (χ4v) is 3.74. The molecule has 3 amide bonds. The van der Waals surface area contributed by atoms with Gasteiger partial charge in [0, 0.05) is 36.3 Å². The molecule has 5 rings (SSSR count). The number of fused-ring (bicyclic) bond motifs is 1. The van der Waals surface area contributed by atoms with E-state index in [2.05, 4.69) is 20.9 Å². The zero-order chi connectivity index (χ0) is 22.1. The zero-order valence-corrected chi connectivity index (χ0v) is 17.6. The van der Waals surface area contributed by atoms with Gasteiger partial charge in [0.1, 0.15) is 5.82 Å². The van der Waals surface area contributed by atoms with Crippen LogP contribution in [0.1, 0.15) is 44.0 Å². The normalized spacial score (nSPS) is 15.4. The van der Waals surface area contributed by atoms with Crippen LogP contribution >= 0.6 is 0 Å². The van der Waals surface area contributed by atoms with Gasteiger partial charge in [0.2, 0.25) is 5.91 Å². The largest absolute Gasteiger partial charge is 0.335 e. The second-order valence-corrected chi connectivity index (χ2v) is 8.45. The number of aromatic nitrogens is 2. The summed E-state index contributed by atoms with van der Waals surface area (Å²) in [6.07, 6.45) is 4.62. The number of rotatable bonds is 7. The maximum atomic E-state index is 12.9. The van der Waals surface area contributed by atoms with E-state index < -0.39 is 0 Å². The first-order valence-corrected chi connectivity index (χ1v) is 11.0. The van der Waals surface area contributed by atoms with Crippen molar-refractivity contribution in [1.82, 2.24) is 14.9 Å². The Bertz CT molecular complexity index is 1230. The van der Waals surface area contributed by atoms with Gasteiger partial charge < -0.3 is 16.0 Å². The molecular weight excluding hydrogens is 406 g/mol. The number of benzene rings is 2. The van der Waals surface area contributed by atoms with Crippen LogP contribution in [-0.2, 0) is 11.2 Å². The number of nitrogens with zero attached hydrogens (tertiary/aromatic N) is 2. The van der Waals surface area contributed by atoms with Gasteiger partial charge in [0.25, 0.3) is 5.56 Å². The Morgan fingerprint density at radius 3 is 2.31 bits per heavy atom. The molecule has 0 aliphatic heterocycles. The average Bonchev–Trinajstić information content (AvgIpc) is 3.70. The minimum atomic E-state index is -0.214. The topological polar surface area (TPSA) is 105 Å². The van der Waals surface area contributed by atoms with E-state index in [1.54, 1.807) is 34.9 Å². The monoisotopic (exact) mass is 431 g/mol. The Labute approximate surface area is 185 Å². The van der Waals surface area contributed by atoms with Gasteiger partial charge in [-0.05, 0) is 62.1 Å². The lowest BCUT2D eigenvalue weighted by atomic mass is 10.2. The van der Waals surface area contributed by atoms with Crippen LogP contribution in [0.2, 0.25) is 0 Å². The van der Waals surface area contributed by atoms with Crippen molar-refractivity contribution in [3.8, 4) is 0 Å². The number of anilines is 2. The van der Waals surface area contributed by atoms with E-state index in [0.717, 1.165) is 25.7 Å². The second-order valence-electron chi connectivity index (χ2n) is 8.45. The molecule has 0 atom stereocenters. The molecule has 3 aromatic rings. The molecule has 0 unspecified atom stereocenters. The molecule has 8 nitrogen and oxygen atoms in total. The Balaban J connectivity index is 1.21. The van der Waals surface area contributed by atoms with Gasteiger partial charge in [-0.25, -0.2) is 9.78 Å². The number of hydrogen-bond acceptors (Lipinski definition) is 4. The van der Waals surface area contributed by atoms with Crippen molar-refractivity contribution in [1.29, 1.82) is 0 Å². The fraction of sp³-hybridized carbons (Fsp3) is 0.333. The van der Waals surface area contributed by atoms with E-state index in [9.17, 15) is 14.4 Å². The number of amides is 3. The third kappa shape index (κ3) is 4.64. The van der Waals surface area contributed by atoms with Crippen molar-refractivity contribution < 1.29 is 9.59 Å². The molecule has 2 aromatic carbocycles. The van der Waals surface area contributed by atoms with Gasteiger partial charge >= 0.3 is 6.03 Å². The summed E-state index contributed by atoms with van der Waals surface area (Å²) in [5.74, 6) is 0.509. The predicted octanol–water partition coefficient (Wildman–Crippen LogP) is 3.59. The molecule has 2 saturated carbocycles. The molecule has 2 aliphatic rings. The molecule has 0 radical (unpaired) electrons. The first-order chi connectivity index (χ1) is 15.6. The number of carbonyl (C=O) groups is 2. The average molecular weight is 431 g/mol. The van der Waals surface area contributed by atoms with Crippen molar-refractivity contribution in [3.63, 3.8) is 0 Å². The van der Waals surface area contributed by atoms with Crippen molar-refractivity contribution in [2.45, 2.75) is 50.6 Å². The second kappa shape index (κ2) is 8.45. The zero-order valence-electron chi connectivity index (χ0n) is 17.6. The highest BCUT2D eigenvalue weighted by atomic mass is 16.2. The molecule has 0 spiro atoms. The predicted molar refractivity (Wildman–Crippen MR) is 123 cm³/mol. The minimum Gasteiger partial charge on any atom is -0.335 e. The van der Waals surface area contributed by atoms with Crippen LogP contribution in [0.5, 0.6) is 0 Å². The minimum absolute atomic E-state index is 0.0256. The number of para-hydroxylation sites is 1. The summed E-state index contributed by atoms with van der Waals surface area (Å²) in [6.45, 7) is 0. The lowest BCUT2D eigenvalue weighted by Gasteiger charge is -2.13. The lowest BCUT2D eigenvalue weighted by molar-refractivity contribution is -0.116. The summed E-state index contributed by atoms with van der Waals surface area (Å²) < 4.78 is 1.77. The SMILES string of the molecule is O=C(CCc1nc2ccccc2c(=O)n1C1CC1)Nc1ccc(NC(=O)NC2CC2)cc1. The van der Waals surface area contributed by atoms with Crippen molar-refractivity contribution in [3.05, 3.63) is 64.7 Å². The number of nitrogens with one attached hydrogen (secondary N) is 3. The van der Waals surface area contributed by atoms with E-state index in [0.29, 0.717) is 40.6 Å². The summed E-state index contributed by atoms with van der Waals surface area (Å²) in [6, 6.07) is 14.6. The third-order valence-corrected chi connectivity index (χ3v) is 5.71. The molecule has 1 heterocycles. The highest BCUT2D eigenvalue weighted by Crippen LogP contribution is 2.35. The number of urea groups is 1. The van der Waals surface area contributed by atoms with Crippen LogP contribution in [-0.4, -0.2) is 27.5 Å². The van der Waals surface area contributed by atoms with Crippen molar-refractivity contribution in [2.24, 2.45) is 0 Å². The van der Waals surface area contributed by atoms with E-state index in [4.69, 9.17) is 0 Å². The van der Waals surface area contributed by atoms with Gasteiger partial charge in [0.15, 0.2) is 0 Å². The Kier molecular flexibility index (Phi) is 5.34. The number of aryl methyl sites for hydroxylation is 1. The first-order valence-electron chi connectivity index (χ1n) is 11.0. The standard InChI is InChI=1S/C24H25N5O3/c30-22(25-15-5-7-16(8-6-15)26-24(32)27-17-9-10-17)14-13-21-28-20-4-2-1-3-19(20)23(31)29(21)18-11-12-18/h1-8,17-18H,9-14H2,(H,25,30)(H2,26,27,32). The molecule has 3 N–H and O–H groups in total. The number of hydrogen-bond donors (Lipinski definition) is 3. The quantitative estimate of drug-likeness (QED) is 0.532. The maximum Gasteiger partial charge on any atom is 0.319 e.